The van der Waals surface area contributed by atoms with E-state index in [2.05, 4.69) is 0 Å². The highest BCUT2D eigenvalue weighted by Crippen LogP contribution is 2.33. The molecule has 0 saturated carbocycles. The molecule has 0 aliphatic rings. The molecule has 0 bridgehead atoms. The van der Waals surface area contributed by atoms with Gasteiger partial charge in [0.25, 0.3) is 0 Å². The van der Waals surface area contributed by atoms with Crippen LogP contribution in [0.5, 0.6) is 0 Å². The Morgan fingerprint density at radius 3 is 2.53 bits per heavy atom. The second-order valence-electron chi connectivity index (χ2n) is 4.06. The first-order chi connectivity index (χ1) is 9.09. The average molecular weight is 275 g/mol. The summed E-state index contributed by atoms with van der Waals surface area (Å²) in [5, 5.41) is 10.0. The molecule has 2 aromatic carbocycles. The van der Waals surface area contributed by atoms with Crippen molar-refractivity contribution >= 4 is 34.4 Å². The molecular weight excluding hydrogens is 262 g/mol. The van der Waals surface area contributed by atoms with Gasteiger partial charge >= 0.3 is 5.97 Å². The molecular formula is C14H13NO3S. The van der Waals surface area contributed by atoms with Crippen LogP contribution in [0.2, 0.25) is 0 Å². The maximum Gasteiger partial charge on any atom is 0.313 e. The molecule has 0 aromatic heterocycles. The molecule has 0 heterocycles. The first kappa shape index (κ1) is 13.4. The van der Waals surface area contributed by atoms with E-state index in [1.54, 1.807) is 0 Å². The summed E-state index contributed by atoms with van der Waals surface area (Å²) in [6.07, 6.45) is 0. The van der Waals surface area contributed by atoms with Gasteiger partial charge in [0.2, 0.25) is 5.91 Å². The van der Waals surface area contributed by atoms with E-state index in [-0.39, 0.29) is 5.75 Å². The monoisotopic (exact) mass is 275 g/mol. The fraction of sp³-hybridized carbons (Fsp3) is 0.143. The number of fused-ring (bicyclic) bond motifs is 1. The molecule has 1 unspecified atom stereocenters. The lowest BCUT2D eigenvalue weighted by atomic mass is 10.0. The summed E-state index contributed by atoms with van der Waals surface area (Å²) in [5.41, 5.74) is 6.15. The van der Waals surface area contributed by atoms with Gasteiger partial charge in [0.05, 0.1) is 5.75 Å². The number of nitrogens with two attached hydrogens (primary N) is 1. The van der Waals surface area contributed by atoms with E-state index in [0.717, 1.165) is 28.1 Å². The number of carbonyl (C=O) groups is 2. The van der Waals surface area contributed by atoms with E-state index < -0.39 is 17.1 Å². The number of carboxylic acids is 1. The molecule has 1 amide bonds. The quantitative estimate of drug-likeness (QED) is 0.876. The fourth-order valence-electron chi connectivity index (χ4n) is 1.96. The number of aliphatic carboxylic acids is 1. The van der Waals surface area contributed by atoms with Gasteiger partial charge in [0.1, 0.15) is 5.25 Å². The Morgan fingerprint density at radius 2 is 1.84 bits per heavy atom. The van der Waals surface area contributed by atoms with Crippen LogP contribution in [0.25, 0.3) is 10.8 Å². The van der Waals surface area contributed by atoms with Gasteiger partial charge in [-0.2, -0.15) is 0 Å². The smallest absolute Gasteiger partial charge is 0.313 e. The molecule has 0 saturated heterocycles. The molecule has 19 heavy (non-hydrogen) atoms. The number of carbonyl (C=O) groups excluding carboxylic acids is 1. The van der Waals surface area contributed by atoms with Crippen LogP contribution >= 0.6 is 11.8 Å². The lowest BCUT2D eigenvalue weighted by Crippen LogP contribution is -2.20. The Morgan fingerprint density at radius 1 is 1.16 bits per heavy atom. The van der Waals surface area contributed by atoms with Gasteiger partial charge < -0.3 is 10.8 Å². The number of carboxylic acid groups (broad SMARTS) is 1. The highest BCUT2D eigenvalue weighted by Gasteiger charge is 2.21. The molecule has 0 aliphatic heterocycles. The van der Waals surface area contributed by atoms with Crippen molar-refractivity contribution in [3.05, 3.63) is 48.0 Å². The van der Waals surface area contributed by atoms with Gasteiger partial charge in [-0.1, -0.05) is 42.5 Å². The highest BCUT2D eigenvalue weighted by molar-refractivity contribution is 8.00. The topological polar surface area (TPSA) is 80.4 Å². The largest absolute Gasteiger partial charge is 0.481 e. The van der Waals surface area contributed by atoms with Crippen LogP contribution in [0.15, 0.2) is 42.5 Å². The fourth-order valence-corrected chi connectivity index (χ4v) is 2.82. The van der Waals surface area contributed by atoms with E-state index in [1.165, 1.54) is 0 Å². The summed E-state index contributed by atoms with van der Waals surface area (Å²) in [6.45, 7) is 0. The average Bonchev–Trinajstić information content (AvgIpc) is 2.38. The maximum absolute atomic E-state index is 11.6. The molecule has 2 rings (SSSR count). The predicted octanol–water partition coefficient (Wildman–Crippen LogP) is 2.18. The van der Waals surface area contributed by atoms with Crippen LogP contribution in [0.4, 0.5) is 0 Å². The molecule has 5 heteroatoms. The Bertz CT molecular complexity index is 622. The van der Waals surface area contributed by atoms with Gasteiger partial charge in [-0.15, -0.1) is 11.8 Å². The van der Waals surface area contributed by atoms with Gasteiger partial charge in [-0.05, 0) is 16.3 Å². The first-order valence-electron chi connectivity index (χ1n) is 5.70. The third-order valence-electron chi connectivity index (χ3n) is 2.74. The van der Waals surface area contributed by atoms with Crippen molar-refractivity contribution in [2.24, 2.45) is 5.73 Å². The second kappa shape index (κ2) is 5.75. The molecule has 3 N–H and O–H groups in total. The van der Waals surface area contributed by atoms with Crippen molar-refractivity contribution in [3.63, 3.8) is 0 Å². The molecule has 1 atom stereocenters. The normalized spacial score (nSPS) is 12.2. The zero-order chi connectivity index (χ0) is 13.8. The minimum absolute atomic E-state index is 0.156. The van der Waals surface area contributed by atoms with Crippen LogP contribution in [0.3, 0.4) is 0 Å². The van der Waals surface area contributed by atoms with Gasteiger partial charge in [0, 0.05) is 0 Å². The van der Waals surface area contributed by atoms with Crippen LogP contribution < -0.4 is 5.73 Å². The second-order valence-corrected chi connectivity index (χ2v) is 5.15. The van der Waals surface area contributed by atoms with Crippen molar-refractivity contribution in [2.45, 2.75) is 5.25 Å². The molecule has 4 nitrogen and oxygen atoms in total. The van der Waals surface area contributed by atoms with E-state index in [1.807, 2.05) is 42.5 Å². The molecule has 0 radical (unpaired) electrons. The Hall–Kier alpha value is -2.01. The highest BCUT2D eigenvalue weighted by atomic mass is 32.2. The van der Waals surface area contributed by atoms with Crippen molar-refractivity contribution in [2.75, 3.05) is 5.75 Å². The molecule has 2 aromatic rings. The van der Waals surface area contributed by atoms with E-state index >= 15 is 0 Å². The number of thioether (sulfide) groups is 1. The zero-order valence-electron chi connectivity index (χ0n) is 10.1. The summed E-state index contributed by atoms with van der Waals surface area (Å²) < 4.78 is 0. The molecule has 0 spiro atoms. The van der Waals surface area contributed by atoms with Gasteiger partial charge in [-0.25, -0.2) is 0 Å². The minimum Gasteiger partial charge on any atom is -0.481 e. The Kier molecular flexibility index (Phi) is 4.06. The number of primary amides is 1. The number of rotatable bonds is 5. The molecule has 98 valence electrons. The number of hydrogen-bond acceptors (Lipinski definition) is 3. The van der Waals surface area contributed by atoms with Crippen LogP contribution in [-0.4, -0.2) is 22.7 Å². The SMILES string of the molecule is NC(=O)C(SCC(=O)O)c1cccc2ccccc12. The van der Waals surface area contributed by atoms with Crippen LogP contribution in [0.1, 0.15) is 10.8 Å². The van der Waals surface area contributed by atoms with Crippen molar-refractivity contribution < 1.29 is 14.7 Å². The summed E-state index contributed by atoms with van der Waals surface area (Å²) in [7, 11) is 0. The molecule has 0 fully saturated rings. The van der Waals surface area contributed by atoms with E-state index in [9.17, 15) is 9.59 Å². The minimum atomic E-state index is -0.962. The third-order valence-corrected chi connectivity index (χ3v) is 3.97. The Balaban J connectivity index is 2.44. The summed E-state index contributed by atoms with van der Waals surface area (Å²) in [6, 6.07) is 13.2. The van der Waals surface area contributed by atoms with Crippen molar-refractivity contribution in [3.8, 4) is 0 Å². The lowest BCUT2D eigenvalue weighted by molar-refractivity contribution is -0.133. The van der Waals surface area contributed by atoms with Crippen molar-refractivity contribution in [1.29, 1.82) is 0 Å². The molecule has 0 aliphatic carbocycles. The van der Waals surface area contributed by atoms with Crippen LogP contribution in [0, 0.1) is 0 Å². The van der Waals surface area contributed by atoms with Crippen molar-refractivity contribution in [1.82, 2.24) is 0 Å². The summed E-state index contributed by atoms with van der Waals surface area (Å²) >= 11 is 1.03. The van der Waals surface area contributed by atoms with Gasteiger partial charge in [-0.3, -0.25) is 9.59 Å². The third kappa shape index (κ3) is 3.06. The summed E-state index contributed by atoms with van der Waals surface area (Å²) in [5.74, 6) is -1.64. The standard InChI is InChI=1S/C14H13NO3S/c15-14(18)13(19-8-12(16)17)11-7-3-5-9-4-1-2-6-10(9)11/h1-7,13H,8H2,(H2,15,18)(H,16,17). The first-order valence-corrected chi connectivity index (χ1v) is 6.75. The zero-order valence-corrected chi connectivity index (χ0v) is 10.9. The lowest BCUT2D eigenvalue weighted by Gasteiger charge is -2.14. The Labute approximate surface area is 114 Å². The number of amides is 1. The summed E-state index contributed by atoms with van der Waals surface area (Å²) in [4.78, 5) is 22.2. The van der Waals surface area contributed by atoms with Gasteiger partial charge in [0.15, 0.2) is 0 Å². The predicted molar refractivity (Wildman–Crippen MR) is 76.0 cm³/mol. The van der Waals surface area contributed by atoms with E-state index in [4.69, 9.17) is 10.8 Å². The number of benzene rings is 2. The maximum atomic E-state index is 11.6. The van der Waals surface area contributed by atoms with Crippen LogP contribution in [-0.2, 0) is 9.59 Å². The van der Waals surface area contributed by atoms with E-state index in [0.29, 0.717) is 0 Å². The number of hydrogen-bond donors (Lipinski definition) is 2.